The van der Waals surface area contributed by atoms with Gasteiger partial charge in [0.05, 0.1) is 26.9 Å². The van der Waals surface area contributed by atoms with Crippen molar-refractivity contribution in [1.82, 2.24) is 0 Å². The number of carbonyl (C=O) groups excluding carboxylic acids is 1. The van der Waals surface area contributed by atoms with Gasteiger partial charge in [-0.3, -0.25) is 5.32 Å². The molecule has 2 rings (SSSR count). The lowest BCUT2D eigenvalue weighted by Crippen LogP contribution is -2.29. The third-order valence-electron chi connectivity index (χ3n) is 4.42. The van der Waals surface area contributed by atoms with Crippen LogP contribution in [0.3, 0.4) is 0 Å². The molecule has 0 radical (unpaired) electrons. The van der Waals surface area contributed by atoms with E-state index in [2.05, 4.69) is 5.32 Å². The van der Waals surface area contributed by atoms with E-state index in [1.807, 2.05) is 6.07 Å². The summed E-state index contributed by atoms with van der Waals surface area (Å²) < 4.78 is 21.2. The predicted molar refractivity (Wildman–Crippen MR) is 116 cm³/mol. The highest BCUT2D eigenvalue weighted by molar-refractivity contribution is 5.84. The fourth-order valence-corrected chi connectivity index (χ4v) is 2.97. The molecule has 8 heteroatoms. The first-order valence-corrected chi connectivity index (χ1v) is 9.94. The predicted octanol–water partition coefficient (Wildman–Crippen LogP) is 3.92. The Morgan fingerprint density at radius 3 is 2.32 bits per heavy atom. The summed E-state index contributed by atoms with van der Waals surface area (Å²) in [5, 5.41) is 12.0. The second-order valence-electron chi connectivity index (χ2n) is 7.10. The van der Waals surface area contributed by atoms with Gasteiger partial charge in [-0.05, 0) is 55.3 Å². The van der Waals surface area contributed by atoms with Crippen molar-refractivity contribution in [3.8, 4) is 11.5 Å². The normalized spacial score (nSPS) is 11.6. The number of amides is 1. The van der Waals surface area contributed by atoms with Crippen molar-refractivity contribution in [1.29, 1.82) is 0 Å². The quantitative estimate of drug-likeness (QED) is 0.556. The Labute approximate surface area is 182 Å². The Morgan fingerprint density at radius 2 is 1.74 bits per heavy atom. The third kappa shape index (κ3) is 7.82. The zero-order valence-electron chi connectivity index (χ0n) is 18.2. The molecule has 0 aromatic heterocycles. The van der Waals surface area contributed by atoms with E-state index in [4.69, 9.17) is 18.9 Å². The number of methoxy groups -OCH3 is 2. The average Bonchev–Trinajstić information content (AvgIpc) is 2.73. The number of benzene rings is 2. The minimum Gasteiger partial charge on any atom is -0.497 e. The Morgan fingerprint density at radius 1 is 1.03 bits per heavy atom. The van der Waals surface area contributed by atoms with E-state index in [0.29, 0.717) is 23.6 Å². The molecule has 0 aliphatic carbocycles. The summed E-state index contributed by atoms with van der Waals surface area (Å²) in [5.41, 5.74) is 2.20. The second kappa shape index (κ2) is 11.8. The Hall–Kier alpha value is -3.26. The zero-order chi connectivity index (χ0) is 22.8. The number of nitrogens with one attached hydrogen (secondary N) is 1. The molecule has 0 aliphatic rings. The van der Waals surface area contributed by atoms with Crippen LogP contribution in [0.25, 0.3) is 0 Å². The van der Waals surface area contributed by atoms with Gasteiger partial charge in [0.25, 0.3) is 0 Å². The minimum atomic E-state index is -1.01. The lowest BCUT2D eigenvalue weighted by atomic mass is 10.0. The second-order valence-corrected chi connectivity index (χ2v) is 7.10. The molecule has 31 heavy (non-hydrogen) atoms. The molecule has 0 bridgehead atoms. The van der Waals surface area contributed by atoms with Crippen molar-refractivity contribution in [2.24, 2.45) is 0 Å². The molecule has 1 atom stereocenters. The van der Waals surface area contributed by atoms with Crippen LogP contribution in [0.4, 0.5) is 10.5 Å². The number of hydrogen-bond donors (Lipinski definition) is 2. The molecule has 1 amide bonds. The van der Waals surface area contributed by atoms with E-state index < -0.39 is 18.2 Å². The van der Waals surface area contributed by atoms with Crippen molar-refractivity contribution in [2.45, 2.75) is 38.9 Å². The number of ether oxygens (including phenoxy) is 4. The van der Waals surface area contributed by atoms with E-state index >= 15 is 0 Å². The van der Waals surface area contributed by atoms with Crippen molar-refractivity contribution >= 4 is 17.7 Å². The van der Waals surface area contributed by atoms with Gasteiger partial charge in [0.2, 0.25) is 0 Å². The summed E-state index contributed by atoms with van der Waals surface area (Å²) in [6.45, 7) is 3.72. The average molecular weight is 431 g/mol. The van der Waals surface area contributed by atoms with E-state index in [0.717, 1.165) is 11.1 Å². The number of aliphatic carboxylic acids is 1. The van der Waals surface area contributed by atoms with Crippen LogP contribution in [0, 0.1) is 0 Å². The summed E-state index contributed by atoms with van der Waals surface area (Å²) in [5.74, 6) is 0.319. The molecule has 0 saturated carbocycles. The van der Waals surface area contributed by atoms with Crippen LogP contribution in [0.2, 0.25) is 0 Å². The number of rotatable bonds is 11. The highest BCUT2D eigenvalue weighted by atomic mass is 16.5. The monoisotopic (exact) mass is 431 g/mol. The molecule has 1 unspecified atom stereocenters. The molecule has 2 N–H and O–H groups in total. The van der Waals surface area contributed by atoms with Gasteiger partial charge in [0.15, 0.2) is 6.10 Å². The highest BCUT2D eigenvalue weighted by Gasteiger charge is 2.20. The lowest BCUT2D eigenvalue weighted by Gasteiger charge is -2.17. The van der Waals surface area contributed by atoms with E-state index in [1.54, 1.807) is 64.5 Å². The van der Waals surface area contributed by atoms with Crippen LogP contribution in [0.5, 0.6) is 11.5 Å². The minimum absolute atomic E-state index is 0.132. The highest BCUT2D eigenvalue weighted by Crippen LogP contribution is 2.22. The Balaban J connectivity index is 1.95. The van der Waals surface area contributed by atoms with Crippen LogP contribution in [-0.2, 0) is 27.1 Å². The van der Waals surface area contributed by atoms with Gasteiger partial charge in [0.1, 0.15) is 11.5 Å². The van der Waals surface area contributed by atoms with Gasteiger partial charge in [-0.2, -0.15) is 0 Å². The molecule has 0 saturated heterocycles. The first-order chi connectivity index (χ1) is 14.8. The third-order valence-corrected chi connectivity index (χ3v) is 4.42. The molecule has 0 heterocycles. The summed E-state index contributed by atoms with van der Waals surface area (Å²) in [6, 6.07) is 12.3. The summed E-state index contributed by atoms with van der Waals surface area (Å²) in [4.78, 5) is 23.5. The topological polar surface area (TPSA) is 103 Å². The van der Waals surface area contributed by atoms with Crippen molar-refractivity contribution in [3.63, 3.8) is 0 Å². The van der Waals surface area contributed by atoms with Crippen LogP contribution in [0.15, 0.2) is 42.5 Å². The van der Waals surface area contributed by atoms with Crippen LogP contribution in [0.1, 0.15) is 25.0 Å². The number of anilines is 1. The van der Waals surface area contributed by atoms with Crippen LogP contribution >= 0.6 is 0 Å². The summed E-state index contributed by atoms with van der Waals surface area (Å²) in [6.07, 6.45) is -1.07. The molecule has 2 aromatic carbocycles. The number of carboxylic acid groups (broad SMARTS) is 1. The first kappa shape index (κ1) is 24.0. The van der Waals surface area contributed by atoms with Gasteiger partial charge in [0, 0.05) is 18.5 Å². The number of hydrogen-bond acceptors (Lipinski definition) is 6. The fourth-order valence-electron chi connectivity index (χ4n) is 2.97. The van der Waals surface area contributed by atoms with Gasteiger partial charge >= 0.3 is 12.1 Å². The van der Waals surface area contributed by atoms with Crippen LogP contribution < -0.4 is 14.8 Å². The standard InChI is InChI=1S/C23H29NO7/c1-15(2)31-21(22(25)26)14-16-5-10-20(29-4)17(13-16)11-12-30-23(27)24-18-6-8-19(28-3)9-7-18/h5-10,13,15,21H,11-12,14H2,1-4H3,(H,24,27)(H,25,26). The molecular formula is C23H29NO7. The van der Waals surface area contributed by atoms with Crippen molar-refractivity contribution < 1.29 is 33.6 Å². The molecule has 0 spiro atoms. The molecule has 0 aliphatic heterocycles. The van der Waals surface area contributed by atoms with E-state index in [1.165, 1.54) is 0 Å². The maximum atomic E-state index is 12.0. The summed E-state index contributed by atoms with van der Waals surface area (Å²) >= 11 is 0. The zero-order valence-corrected chi connectivity index (χ0v) is 18.2. The van der Waals surface area contributed by atoms with Gasteiger partial charge in [-0.15, -0.1) is 0 Å². The Kier molecular flexibility index (Phi) is 9.14. The Bertz CT molecular complexity index is 865. The molecule has 8 nitrogen and oxygen atoms in total. The molecule has 0 fully saturated rings. The fraction of sp³-hybridized carbons (Fsp3) is 0.391. The maximum absolute atomic E-state index is 12.0. The molecule has 2 aromatic rings. The van der Waals surface area contributed by atoms with Gasteiger partial charge in [-0.25, -0.2) is 9.59 Å². The van der Waals surface area contributed by atoms with Gasteiger partial charge in [-0.1, -0.05) is 12.1 Å². The van der Waals surface area contributed by atoms with Crippen molar-refractivity contribution in [3.05, 3.63) is 53.6 Å². The van der Waals surface area contributed by atoms with E-state index in [-0.39, 0.29) is 19.1 Å². The number of carboxylic acids is 1. The number of carbonyl (C=O) groups is 2. The molecular weight excluding hydrogens is 402 g/mol. The van der Waals surface area contributed by atoms with Crippen molar-refractivity contribution in [2.75, 3.05) is 26.1 Å². The van der Waals surface area contributed by atoms with Gasteiger partial charge < -0.3 is 24.1 Å². The summed E-state index contributed by atoms with van der Waals surface area (Å²) in [7, 11) is 3.12. The molecule has 168 valence electrons. The maximum Gasteiger partial charge on any atom is 0.411 e. The SMILES string of the molecule is COc1ccc(NC(=O)OCCc2cc(CC(OC(C)C)C(=O)O)ccc2OC)cc1. The smallest absolute Gasteiger partial charge is 0.411 e. The largest absolute Gasteiger partial charge is 0.497 e. The van der Waals surface area contributed by atoms with E-state index in [9.17, 15) is 14.7 Å². The lowest BCUT2D eigenvalue weighted by molar-refractivity contribution is -0.153. The first-order valence-electron chi connectivity index (χ1n) is 9.94. The van der Waals surface area contributed by atoms with Crippen LogP contribution in [-0.4, -0.2) is 50.2 Å².